The first kappa shape index (κ1) is 21.1. The number of hydrogen-bond acceptors (Lipinski definition) is 3. The number of para-hydroxylation sites is 1. The molecule has 5 nitrogen and oxygen atoms in total. The highest BCUT2D eigenvalue weighted by atomic mass is 32.2. The third kappa shape index (κ3) is 3.95. The summed E-state index contributed by atoms with van der Waals surface area (Å²) in [5, 5.41) is 0. The second-order valence-electron chi connectivity index (χ2n) is 7.98. The van der Waals surface area contributed by atoms with Crippen molar-refractivity contribution < 1.29 is 13.2 Å². The number of carbonyl (C=O) groups excluding carboxylic acids is 1. The van der Waals surface area contributed by atoms with Gasteiger partial charge in [-0.2, -0.15) is 0 Å². The van der Waals surface area contributed by atoms with Gasteiger partial charge in [0.15, 0.2) is 0 Å². The van der Waals surface area contributed by atoms with Gasteiger partial charge in [0.1, 0.15) is 0 Å². The van der Waals surface area contributed by atoms with Crippen molar-refractivity contribution in [2.45, 2.75) is 31.6 Å². The Hall–Kier alpha value is -3.12. The van der Waals surface area contributed by atoms with Gasteiger partial charge in [-0.05, 0) is 74.2 Å². The fourth-order valence-electron chi connectivity index (χ4n) is 4.04. The lowest BCUT2D eigenvalue weighted by Crippen LogP contribution is -2.35. The third-order valence-electron chi connectivity index (χ3n) is 5.82. The Morgan fingerprint density at radius 1 is 0.968 bits per heavy atom. The standard InChI is InChI=1S/C25H26N2O3S/c1-18-10-13-22(14-11-18)31(29,30)26(3)23-15-12-21(17-19(23)2)25(28)27-16-6-8-20-7-4-5-9-24(20)27/h4-5,7,9-15,17H,6,8,16H2,1-3H3. The van der Waals surface area contributed by atoms with Crippen LogP contribution < -0.4 is 9.21 Å². The van der Waals surface area contributed by atoms with Crippen molar-refractivity contribution in [1.29, 1.82) is 0 Å². The van der Waals surface area contributed by atoms with Gasteiger partial charge < -0.3 is 4.90 Å². The molecule has 0 saturated carbocycles. The van der Waals surface area contributed by atoms with Crippen molar-refractivity contribution in [3.63, 3.8) is 0 Å². The molecular formula is C25H26N2O3S. The van der Waals surface area contributed by atoms with E-state index < -0.39 is 10.0 Å². The number of hydrogen-bond donors (Lipinski definition) is 0. The van der Waals surface area contributed by atoms with Crippen LogP contribution >= 0.6 is 0 Å². The van der Waals surface area contributed by atoms with E-state index in [4.69, 9.17) is 0 Å². The topological polar surface area (TPSA) is 57.7 Å². The second kappa shape index (κ2) is 8.19. The summed E-state index contributed by atoms with van der Waals surface area (Å²) in [6.07, 6.45) is 1.90. The molecule has 3 aromatic rings. The number of fused-ring (bicyclic) bond motifs is 1. The van der Waals surface area contributed by atoms with Crippen LogP contribution in [-0.2, 0) is 16.4 Å². The minimum atomic E-state index is -3.69. The monoisotopic (exact) mass is 434 g/mol. The van der Waals surface area contributed by atoms with Gasteiger partial charge in [-0.25, -0.2) is 8.42 Å². The molecule has 6 heteroatoms. The summed E-state index contributed by atoms with van der Waals surface area (Å²) in [4.78, 5) is 15.3. The van der Waals surface area contributed by atoms with Crippen molar-refractivity contribution in [2.75, 3.05) is 22.8 Å². The van der Waals surface area contributed by atoms with Gasteiger partial charge in [-0.1, -0.05) is 35.9 Å². The molecular weight excluding hydrogens is 408 g/mol. The van der Waals surface area contributed by atoms with Crippen LogP contribution in [0.5, 0.6) is 0 Å². The highest BCUT2D eigenvalue weighted by Crippen LogP contribution is 2.30. The number of anilines is 2. The Balaban J connectivity index is 1.63. The Bertz CT molecular complexity index is 1230. The molecule has 31 heavy (non-hydrogen) atoms. The maximum atomic E-state index is 13.2. The van der Waals surface area contributed by atoms with E-state index >= 15 is 0 Å². The van der Waals surface area contributed by atoms with E-state index in [-0.39, 0.29) is 10.8 Å². The molecule has 0 saturated heterocycles. The summed E-state index contributed by atoms with van der Waals surface area (Å²) in [5.41, 5.74) is 4.98. The Kier molecular flexibility index (Phi) is 5.58. The zero-order valence-electron chi connectivity index (χ0n) is 18.0. The van der Waals surface area contributed by atoms with Crippen LogP contribution in [0, 0.1) is 13.8 Å². The summed E-state index contributed by atoms with van der Waals surface area (Å²) in [5.74, 6) is -0.0640. The third-order valence-corrected chi connectivity index (χ3v) is 7.60. The van der Waals surface area contributed by atoms with Gasteiger partial charge in [-0.15, -0.1) is 0 Å². The van der Waals surface area contributed by atoms with Crippen molar-refractivity contribution in [2.24, 2.45) is 0 Å². The van der Waals surface area contributed by atoms with Crippen molar-refractivity contribution >= 4 is 27.3 Å². The first-order chi connectivity index (χ1) is 14.8. The molecule has 1 aliphatic heterocycles. The highest BCUT2D eigenvalue weighted by Gasteiger charge is 2.26. The quantitative estimate of drug-likeness (QED) is 0.597. The van der Waals surface area contributed by atoms with E-state index in [0.29, 0.717) is 17.8 Å². The van der Waals surface area contributed by atoms with Crippen LogP contribution in [0.15, 0.2) is 71.6 Å². The summed E-state index contributed by atoms with van der Waals surface area (Å²) in [6.45, 7) is 4.43. The van der Waals surface area contributed by atoms with E-state index in [2.05, 4.69) is 6.07 Å². The van der Waals surface area contributed by atoms with Crippen molar-refractivity contribution in [3.8, 4) is 0 Å². The molecule has 4 rings (SSSR count). The van der Waals surface area contributed by atoms with Gasteiger partial charge in [0.05, 0.1) is 10.6 Å². The average Bonchev–Trinajstić information content (AvgIpc) is 2.78. The lowest BCUT2D eigenvalue weighted by molar-refractivity contribution is 0.0985. The van der Waals surface area contributed by atoms with Gasteiger partial charge >= 0.3 is 0 Å². The number of rotatable bonds is 4. The highest BCUT2D eigenvalue weighted by molar-refractivity contribution is 7.92. The molecule has 1 amide bonds. The Morgan fingerprint density at radius 2 is 1.68 bits per heavy atom. The lowest BCUT2D eigenvalue weighted by atomic mass is 10.0. The lowest BCUT2D eigenvalue weighted by Gasteiger charge is -2.30. The predicted molar refractivity (Wildman–Crippen MR) is 124 cm³/mol. The average molecular weight is 435 g/mol. The summed E-state index contributed by atoms with van der Waals surface area (Å²) in [6, 6.07) is 20.0. The number of carbonyl (C=O) groups is 1. The van der Waals surface area contributed by atoms with E-state index in [0.717, 1.165) is 29.7 Å². The van der Waals surface area contributed by atoms with Gasteiger partial charge in [0, 0.05) is 24.8 Å². The molecule has 1 aliphatic rings. The van der Waals surface area contributed by atoms with E-state index in [9.17, 15) is 13.2 Å². The zero-order valence-corrected chi connectivity index (χ0v) is 18.8. The number of nitrogens with zero attached hydrogens (tertiary/aromatic N) is 2. The number of aryl methyl sites for hydroxylation is 3. The van der Waals surface area contributed by atoms with Crippen LogP contribution in [-0.4, -0.2) is 27.9 Å². The molecule has 0 unspecified atom stereocenters. The minimum Gasteiger partial charge on any atom is -0.308 e. The smallest absolute Gasteiger partial charge is 0.264 e. The van der Waals surface area contributed by atoms with Gasteiger partial charge in [0.2, 0.25) is 0 Å². The maximum Gasteiger partial charge on any atom is 0.264 e. The van der Waals surface area contributed by atoms with Crippen LogP contribution in [0.2, 0.25) is 0 Å². The summed E-state index contributed by atoms with van der Waals surface area (Å²) >= 11 is 0. The zero-order chi connectivity index (χ0) is 22.2. The van der Waals surface area contributed by atoms with Crippen LogP contribution in [0.3, 0.4) is 0 Å². The Morgan fingerprint density at radius 3 is 2.39 bits per heavy atom. The largest absolute Gasteiger partial charge is 0.308 e. The predicted octanol–water partition coefficient (Wildman–Crippen LogP) is 4.72. The normalized spacial score (nSPS) is 13.6. The fourth-order valence-corrected chi connectivity index (χ4v) is 5.30. The SMILES string of the molecule is Cc1ccc(S(=O)(=O)N(C)c2ccc(C(=O)N3CCCc4ccccc43)cc2C)cc1. The molecule has 0 spiro atoms. The Labute approximate surface area is 184 Å². The first-order valence-electron chi connectivity index (χ1n) is 10.3. The molecule has 0 aromatic heterocycles. The first-order valence-corrected chi connectivity index (χ1v) is 11.8. The van der Waals surface area contributed by atoms with E-state index in [1.807, 2.05) is 36.9 Å². The van der Waals surface area contributed by atoms with Gasteiger partial charge in [0.25, 0.3) is 15.9 Å². The summed E-state index contributed by atoms with van der Waals surface area (Å²) < 4.78 is 27.4. The fraction of sp³-hybridized carbons (Fsp3) is 0.240. The minimum absolute atomic E-state index is 0.0640. The molecule has 3 aromatic carbocycles. The van der Waals surface area contributed by atoms with Crippen molar-refractivity contribution in [3.05, 3.63) is 89.0 Å². The van der Waals surface area contributed by atoms with Gasteiger partial charge in [-0.3, -0.25) is 9.10 Å². The number of sulfonamides is 1. The van der Waals surface area contributed by atoms with Crippen molar-refractivity contribution in [1.82, 2.24) is 0 Å². The van der Waals surface area contributed by atoms with E-state index in [1.54, 1.807) is 49.5 Å². The molecule has 0 radical (unpaired) electrons. The molecule has 160 valence electrons. The molecule has 1 heterocycles. The molecule has 0 atom stereocenters. The maximum absolute atomic E-state index is 13.2. The van der Waals surface area contributed by atoms with E-state index in [1.165, 1.54) is 9.87 Å². The molecule has 0 N–H and O–H groups in total. The second-order valence-corrected chi connectivity index (χ2v) is 9.95. The number of amides is 1. The van der Waals surface area contributed by atoms with Crippen LogP contribution in [0.1, 0.15) is 33.5 Å². The summed E-state index contributed by atoms with van der Waals surface area (Å²) in [7, 11) is -2.15. The van der Waals surface area contributed by atoms with Crippen LogP contribution in [0.4, 0.5) is 11.4 Å². The molecule has 0 bridgehead atoms. The molecule has 0 aliphatic carbocycles. The molecule has 0 fully saturated rings. The van der Waals surface area contributed by atoms with Crippen LogP contribution in [0.25, 0.3) is 0 Å². The number of benzene rings is 3.